The molecule has 1 radical (unpaired) electrons. The maximum Gasteiger partial charge on any atom is 0.144 e. The van der Waals surface area contributed by atoms with E-state index in [1.165, 1.54) is 6.07 Å². The molecule has 0 atom stereocenters. The van der Waals surface area contributed by atoms with Crippen LogP contribution in [0.5, 0.6) is 0 Å². The van der Waals surface area contributed by atoms with Crippen LogP contribution in [0.4, 0.5) is 8.78 Å². The second-order valence-electron chi connectivity index (χ2n) is 2.46. The number of rotatable bonds is 2. The SMILES string of the molecule is [CH2]CCc1cc(Cl)c(F)cc1F. The van der Waals surface area contributed by atoms with Crippen molar-refractivity contribution in [3.63, 3.8) is 0 Å². The van der Waals surface area contributed by atoms with Crippen molar-refractivity contribution in [2.45, 2.75) is 12.8 Å². The highest BCUT2D eigenvalue weighted by Crippen LogP contribution is 2.20. The molecular weight excluding hydrogens is 182 g/mol. The van der Waals surface area contributed by atoms with Gasteiger partial charge in [0.05, 0.1) is 5.02 Å². The molecule has 0 aliphatic rings. The molecule has 0 spiro atoms. The Morgan fingerprint density at radius 1 is 1.25 bits per heavy atom. The zero-order valence-electron chi connectivity index (χ0n) is 6.41. The first-order valence-electron chi connectivity index (χ1n) is 3.58. The Bertz CT molecular complexity index is 284. The fourth-order valence-corrected chi connectivity index (χ4v) is 1.13. The lowest BCUT2D eigenvalue weighted by atomic mass is 10.1. The lowest BCUT2D eigenvalue weighted by molar-refractivity contribution is 0.572. The molecule has 1 aromatic carbocycles. The third kappa shape index (κ3) is 1.95. The molecule has 0 saturated carbocycles. The monoisotopic (exact) mass is 189 g/mol. The predicted octanol–water partition coefficient (Wildman–Crippen LogP) is 3.38. The fourth-order valence-electron chi connectivity index (χ4n) is 0.946. The average molecular weight is 190 g/mol. The van der Waals surface area contributed by atoms with Crippen molar-refractivity contribution >= 4 is 11.6 Å². The van der Waals surface area contributed by atoms with Gasteiger partial charge < -0.3 is 0 Å². The van der Waals surface area contributed by atoms with Gasteiger partial charge in [0.15, 0.2) is 0 Å². The van der Waals surface area contributed by atoms with Crippen LogP contribution in [0.3, 0.4) is 0 Å². The highest BCUT2D eigenvalue weighted by molar-refractivity contribution is 6.30. The number of aryl methyl sites for hydroxylation is 1. The molecule has 0 bridgehead atoms. The van der Waals surface area contributed by atoms with E-state index < -0.39 is 11.6 Å². The third-order valence-electron chi connectivity index (χ3n) is 1.54. The molecule has 65 valence electrons. The molecular formula is C9H8ClF2. The minimum Gasteiger partial charge on any atom is -0.207 e. The quantitative estimate of drug-likeness (QED) is 0.626. The second kappa shape index (κ2) is 3.85. The van der Waals surface area contributed by atoms with Gasteiger partial charge in [-0.1, -0.05) is 18.5 Å². The minimum absolute atomic E-state index is 0.0418. The summed E-state index contributed by atoms with van der Waals surface area (Å²) >= 11 is 5.46. The summed E-state index contributed by atoms with van der Waals surface area (Å²) in [5.41, 5.74) is 0.413. The van der Waals surface area contributed by atoms with Crippen LogP contribution in [0.15, 0.2) is 12.1 Å². The van der Waals surface area contributed by atoms with Gasteiger partial charge in [-0.25, -0.2) is 8.78 Å². The van der Waals surface area contributed by atoms with E-state index in [2.05, 4.69) is 6.92 Å². The topological polar surface area (TPSA) is 0 Å². The zero-order valence-corrected chi connectivity index (χ0v) is 7.17. The molecule has 0 nitrogen and oxygen atoms in total. The van der Waals surface area contributed by atoms with Gasteiger partial charge in [0.2, 0.25) is 0 Å². The highest BCUT2D eigenvalue weighted by Gasteiger charge is 2.06. The van der Waals surface area contributed by atoms with Gasteiger partial charge in [0.25, 0.3) is 0 Å². The molecule has 1 rings (SSSR count). The van der Waals surface area contributed by atoms with Crippen LogP contribution in [0.2, 0.25) is 5.02 Å². The van der Waals surface area contributed by atoms with Crippen LogP contribution in [-0.4, -0.2) is 0 Å². The fraction of sp³-hybridized carbons (Fsp3) is 0.222. The van der Waals surface area contributed by atoms with Crippen LogP contribution < -0.4 is 0 Å². The summed E-state index contributed by atoms with van der Waals surface area (Å²) in [5, 5.41) is -0.0418. The van der Waals surface area contributed by atoms with Gasteiger partial charge in [0.1, 0.15) is 11.6 Å². The molecule has 3 heteroatoms. The lowest BCUT2D eigenvalue weighted by Gasteiger charge is -2.02. The first-order valence-corrected chi connectivity index (χ1v) is 3.95. The number of benzene rings is 1. The Morgan fingerprint density at radius 2 is 1.92 bits per heavy atom. The molecule has 12 heavy (non-hydrogen) atoms. The van der Waals surface area contributed by atoms with Crippen LogP contribution in [0.1, 0.15) is 12.0 Å². The Kier molecular flexibility index (Phi) is 3.04. The van der Waals surface area contributed by atoms with Crippen LogP contribution in [-0.2, 0) is 6.42 Å². The molecule has 0 fully saturated rings. The minimum atomic E-state index is -0.720. The molecule has 0 aliphatic heterocycles. The number of hydrogen-bond acceptors (Lipinski definition) is 0. The summed E-state index contributed by atoms with van der Waals surface area (Å²) in [4.78, 5) is 0. The van der Waals surface area contributed by atoms with Gasteiger partial charge in [-0.2, -0.15) is 0 Å². The van der Waals surface area contributed by atoms with E-state index >= 15 is 0 Å². The van der Waals surface area contributed by atoms with Crippen LogP contribution in [0.25, 0.3) is 0 Å². The first kappa shape index (κ1) is 9.46. The van der Waals surface area contributed by atoms with Crippen molar-refractivity contribution in [3.05, 3.63) is 41.3 Å². The van der Waals surface area contributed by atoms with Crippen molar-refractivity contribution in [3.8, 4) is 0 Å². The standard InChI is InChI=1S/C9H8ClF2/c1-2-3-6-4-7(10)9(12)5-8(6)11/h4-5H,1-3H2. The zero-order chi connectivity index (χ0) is 9.14. The molecule has 1 aromatic rings. The second-order valence-corrected chi connectivity index (χ2v) is 2.87. The molecule has 0 aromatic heterocycles. The summed E-state index contributed by atoms with van der Waals surface area (Å²) in [5.74, 6) is -1.28. The Balaban J connectivity index is 3.05. The van der Waals surface area contributed by atoms with E-state index in [-0.39, 0.29) is 5.02 Å². The number of hydrogen-bond donors (Lipinski definition) is 0. The summed E-state index contributed by atoms with van der Waals surface area (Å²) in [6, 6.07) is 2.10. The van der Waals surface area contributed by atoms with Crippen molar-refractivity contribution in [1.82, 2.24) is 0 Å². The summed E-state index contributed by atoms with van der Waals surface area (Å²) in [6.07, 6.45) is 1.05. The van der Waals surface area contributed by atoms with E-state index in [4.69, 9.17) is 11.6 Å². The molecule has 0 heterocycles. The van der Waals surface area contributed by atoms with E-state index in [1.54, 1.807) is 0 Å². The number of halogens is 3. The van der Waals surface area contributed by atoms with Crippen LogP contribution in [0, 0.1) is 18.6 Å². The highest BCUT2D eigenvalue weighted by atomic mass is 35.5. The van der Waals surface area contributed by atoms with Crippen molar-refractivity contribution in [2.24, 2.45) is 0 Å². The van der Waals surface area contributed by atoms with Crippen molar-refractivity contribution in [2.75, 3.05) is 0 Å². The molecule has 0 unspecified atom stereocenters. The van der Waals surface area contributed by atoms with E-state index in [9.17, 15) is 8.78 Å². The Labute approximate surface area is 75.2 Å². The lowest BCUT2D eigenvalue weighted by Crippen LogP contribution is -1.91. The average Bonchev–Trinajstić information content (AvgIpc) is 2.01. The maximum absolute atomic E-state index is 12.9. The summed E-state index contributed by atoms with van der Waals surface area (Å²) < 4.78 is 25.5. The van der Waals surface area contributed by atoms with Gasteiger partial charge in [0, 0.05) is 6.07 Å². The first-order chi connectivity index (χ1) is 5.65. The molecule has 0 saturated heterocycles. The smallest absolute Gasteiger partial charge is 0.144 e. The van der Waals surface area contributed by atoms with Gasteiger partial charge in [-0.3, -0.25) is 0 Å². The van der Waals surface area contributed by atoms with Crippen LogP contribution >= 0.6 is 11.6 Å². The summed E-state index contributed by atoms with van der Waals surface area (Å²) in [7, 11) is 0. The maximum atomic E-state index is 12.9. The largest absolute Gasteiger partial charge is 0.207 e. The molecule has 0 aliphatic carbocycles. The van der Waals surface area contributed by atoms with E-state index in [1.807, 2.05) is 0 Å². The molecule has 0 amide bonds. The van der Waals surface area contributed by atoms with E-state index in [0.29, 0.717) is 18.4 Å². The van der Waals surface area contributed by atoms with Gasteiger partial charge in [-0.05, 0) is 24.5 Å². The van der Waals surface area contributed by atoms with E-state index in [0.717, 1.165) is 6.07 Å². The van der Waals surface area contributed by atoms with Crippen molar-refractivity contribution < 1.29 is 8.78 Å². The van der Waals surface area contributed by atoms with Gasteiger partial charge in [-0.15, -0.1) is 0 Å². The van der Waals surface area contributed by atoms with Crippen molar-refractivity contribution in [1.29, 1.82) is 0 Å². The summed E-state index contributed by atoms with van der Waals surface area (Å²) in [6.45, 7) is 3.57. The normalized spacial score (nSPS) is 10.3. The Hall–Kier alpha value is -0.630. The van der Waals surface area contributed by atoms with Gasteiger partial charge >= 0.3 is 0 Å². The molecule has 0 N–H and O–H groups in total. The Morgan fingerprint density at radius 3 is 2.50 bits per heavy atom. The predicted molar refractivity (Wildman–Crippen MR) is 45.0 cm³/mol. The third-order valence-corrected chi connectivity index (χ3v) is 1.83.